The Labute approximate surface area is 134 Å². The number of rotatable bonds is 2. The second-order valence-corrected chi connectivity index (χ2v) is 6.24. The summed E-state index contributed by atoms with van der Waals surface area (Å²) in [5.74, 6) is 1.95. The minimum absolute atomic E-state index is 0.286. The number of nitrogens with two attached hydrogens (primary N) is 1. The summed E-state index contributed by atoms with van der Waals surface area (Å²) in [4.78, 5) is 29.4. The molecule has 2 aromatic rings. The first-order valence-electron chi connectivity index (χ1n) is 8.13. The van der Waals surface area contributed by atoms with Crippen LogP contribution in [-0.2, 0) is 4.79 Å². The molecule has 1 aliphatic heterocycles. The van der Waals surface area contributed by atoms with E-state index < -0.39 is 0 Å². The molecule has 4 rings (SSSR count). The van der Waals surface area contributed by atoms with Crippen LogP contribution in [0.3, 0.4) is 0 Å². The second-order valence-electron chi connectivity index (χ2n) is 6.24. The van der Waals surface area contributed by atoms with Crippen molar-refractivity contribution < 1.29 is 4.79 Å². The molecule has 0 atom stereocenters. The molecular formula is C16H20N6O. The molecule has 1 saturated carbocycles. The van der Waals surface area contributed by atoms with E-state index in [0.29, 0.717) is 17.4 Å². The summed E-state index contributed by atoms with van der Waals surface area (Å²) in [6, 6.07) is 3.70. The van der Waals surface area contributed by atoms with Crippen molar-refractivity contribution in [2.75, 3.05) is 36.8 Å². The molecular weight excluding hydrogens is 292 g/mol. The third kappa shape index (κ3) is 2.78. The fourth-order valence-electron chi connectivity index (χ4n) is 3.13. The van der Waals surface area contributed by atoms with Gasteiger partial charge in [-0.15, -0.1) is 0 Å². The van der Waals surface area contributed by atoms with Crippen molar-refractivity contribution in [3.63, 3.8) is 0 Å². The van der Waals surface area contributed by atoms with E-state index in [4.69, 9.17) is 5.73 Å². The monoisotopic (exact) mass is 312 g/mol. The van der Waals surface area contributed by atoms with Gasteiger partial charge in [-0.05, 0) is 31.4 Å². The lowest BCUT2D eigenvalue weighted by molar-refractivity contribution is -0.132. The Hall–Kier alpha value is -2.44. The van der Waals surface area contributed by atoms with Crippen LogP contribution in [-0.4, -0.2) is 51.9 Å². The fourth-order valence-corrected chi connectivity index (χ4v) is 3.13. The average Bonchev–Trinajstić information content (AvgIpc) is 3.40. The predicted molar refractivity (Wildman–Crippen MR) is 87.9 cm³/mol. The van der Waals surface area contributed by atoms with Gasteiger partial charge in [-0.25, -0.2) is 15.0 Å². The highest BCUT2D eigenvalue weighted by Crippen LogP contribution is 2.31. The SMILES string of the molecule is Nc1ccc2c(N3CCCN(C(=O)C4CC4)CC3)ncnc2n1. The van der Waals surface area contributed by atoms with Crippen LogP contribution in [0.15, 0.2) is 18.5 Å². The van der Waals surface area contributed by atoms with Crippen LogP contribution in [0.2, 0.25) is 0 Å². The van der Waals surface area contributed by atoms with Crippen molar-refractivity contribution in [3.8, 4) is 0 Å². The summed E-state index contributed by atoms with van der Waals surface area (Å²) in [5.41, 5.74) is 6.35. The minimum atomic E-state index is 0.286. The largest absolute Gasteiger partial charge is 0.384 e. The first-order valence-corrected chi connectivity index (χ1v) is 8.13. The van der Waals surface area contributed by atoms with Crippen molar-refractivity contribution in [2.24, 2.45) is 5.92 Å². The highest BCUT2D eigenvalue weighted by molar-refractivity contribution is 5.87. The van der Waals surface area contributed by atoms with Crippen LogP contribution < -0.4 is 10.6 Å². The topological polar surface area (TPSA) is 88.2 Å². The highest BCUT2D eigenvalue weighted by atomic mass is 16.2. The van der Waals surface area contributed by atoms with Crippen LogP contribution in [0.5, 0.6) is 0 Å². The molecule has 2 aromatic heterocycles. The summed E-state index contributed by atoms with van der Waals surface area (Å²) in [6.07, 6.45) is 4.60. The number of hydrogen-bond acceptors (Lipinski definition) is 6. The summed E-state index contributed by atoms with van der Waals surface area (Å²) in [7, 11) is 0. The summed E-state index contributed by atoms with van der Waals surface area (Å²) < 4.78 is 0. The average molecular weight is 312 g/mol. The number of fused-ring (bicyclic) bond motifs is 1. The third-order valence-corrected chi connectivity index (χ3v) is 4.53. The van der Waals surface area contributed by atoms with Gasteiger partial charge in [0.25, 0.3) is 0 Å². The number of pyridine rings is 1. The molecule has 2 aliphatic rings. The Bertz CT molecular complexity index is 744. The fraction of sp³-hybridized carbons (Fsp3) is 0.500. The summed E-state index contributed by atoms with van der Waals surface area (Å²) >= 11 is 0. The number of aromatic nitrogens is 3. The molecule has 7 nitrogen and oxygen atoms in total. The lowest BCUT2D eigenvalue weighted by Gasteiger charge is -2.23. The van der Waals surface area contributed by atoms with Crippen molar-refractivity contribution in [1.82, 2.24) is 19.9 Å². The van der Waals surface area contributed by atoms with E-state index in [2.05, 4.69) is 19.9 Å². The smallest absolute Gasteiger partial charge is 0.225 e. The molecule has 0 radical (unpaired) electrons. The number of nitrogens with zero attached hydrogens (tertiary/aromatic N) is 5. The quantitative estimate of drug-likeness (QED) is 0.892. The van der Waals surface area contributed by atoms with Gasteiger partial charge in [-0.3, -0.25) is 4.79 Å². The van der Waals surface area contributed by atoms with Gasteiger partial charge in [0.2, 0.25) is 5.91 Å². The van der Waals surface area contributed by atoms with E-state index in [-0.39, 0.29) is 5.92 Å². The van der Waals surface area contributed by atoms with E-state index in [9.17, 15) is 4.79 Å². The summed E-state index contributed by atoms with van der Waals surface area (Å²) in [6.45, 7) is 3.25. The Balaban J connectivity index is 1.57. The lowest BCUT2D eigenvalue weighted by Crippen LogP contribution is -2.36. The van der Waals surface area contributed by atoms with E-state index >= 15 is 0 Å². The first-order chi connectivity index (χ1) is 11.2. The second kappa shape index (κ2) is 5.64. The maximum Gasteiger partial charge on any atom is 0.225 e. The molecule has 0 bridgehead atoms. The third-order valence-electron chi connectivity index (χ3n) is 4.53. The Morgan fingerprint density at radius 1 is 1.13 bits per heavy atom. The maximum atomic E-state index is 12.3. The van der Waals surface area contributed by atoms with Gasteiger partial charge in [0, 0.05) is 32.1 Å². The number of carbonyl (C=O) groups is 1. The zero-order valence-corrected chi connectivity index (χ0v) is 13.0. The minimum Gasteiger partial charge on any atom is -0.384 e. The van der Waals surface area contributed by atoms with E-state index in [0.717, 1.165) is 56.6 Å². The van der Waals surface area contributed by atoms with Crippen molar-refractivity contribution >= 4 is 28.6 Å². The van der Waals surface area contributed by atoms with Gasteiger partial charge in [0.1, 0.15) is 18.0 Å². The van der Waals surface area contributed by atoms with Crippen LogP contribution in [0.1, 0.15) is 19.3 Å². The van der Waals surface area contributed by atoms with Crippen molar-refractivity contribution in [1.29, 1.82) is 0 Å². The first kappa shape index (κ1) is 14.2. The van der Waals surface area contributed by atoms with E-state index in [1.807, 2.05) is 11.0 Å². The normalized spacial score (nSPS) is 19.0. The Kier molecular flexibility index (Phi) is 3.48. The highest BCUT2D eigenvalue weighted by Gasteiger charge is 2.34. The predicted octanol–water partition coefficient (Wildman–Crippen LogP) is 1.06. The molecule has 1 amide bonds. The molecule has 0 spiro atoms. The van der Waals surface area contributed by atoms with Crippen LogP contribution >= 0.6 is 0 Å². The van der Waals surface area contributed by atoms with Gasteiger partial charge < -0.3 is 15.5 Å². The zero-order valence-electron chi connectivity index (χ0n) is 13.0. The molecule has 1 aliphatic carbocycles. The van der Waals surface area contributed by atoms with Crippen molar-refractivity contribution in [2.45, 2.75) is 19.3 Å². The van der Waals surface area contributed by atoms with Crippen molar-refractivity contribution in [3.05, 3.63) is 18.5 Å². The lowest BCUT2D eigenvalue weighted by atomic mass is 10.2. The Morgan fingerprint density at radius 2 is 2.00 bits per heavy atom. The molecule has 0 aromatic carbocycles. The maximum absolute atomic E-state index is 12.3. The van der Waals surface area contributed by atoms with Crippen LogP contribution in [0.25, 0.3) is 11.0 Å². The number of hydrogen-bond donors (Lipinski definition) is 1. The van der Waals surface area contributed by atoms with Gasteiger partial charge in [0.05, 0.1) is 5.39 Å². The van der Waals surface area contributed by atoms with Gasteiger partial charge in [-0.1, -0.05) is 0 Å². The molecule has 23 heavy (non-hydrogen) atoms. The molecule has 3 heterocycles. The zero-order chi connectivity index (χ0) is 15.8. The number of carbonyl (C=O) groups excluding carboxylic acids is 1. The van der Waals surface area contributed by atoms with E-state index in [1.54, 1.807) is 6.07 Å². The Morgan fingerprint density at radius 3 is 2.83 bits per heavy atom. The van der Waals surface area contributed by atoms with Gasteiger partial charge >= 0.3 is 0 Å². The van der Waals surface area contributed by atoms with Crippen LogP contribution in [0.4, 0.5) is 11.6 Å². The van der Waals surface area contributed by atoms with Gasteiger partial charge in [0.15, 0.2) is 5.65 Å². The molecule has 2 fully saturated rings. The number of nitrogen functional groups attached to an aromatic ring is 1. The van der Waals surface area contributed by atoms with Crippen LogP contribution in [0, 0.1) is 5.92 Å². The molecule has 2 N–H and O–H groups in total. The number of amides is 1. The molecule has 120 valence electrons. The molecule has 1 saturated heterocycles. The standard InChI is InChI=1S/C16H20N6O/c17-13-5-4-12-14(20-13)18-10-19-15(12)21-6-1-7-22(9-8-21)16(23)11-2-3-11/h4-5,10-11H,1-3,6-9H2,(H2,17,18,19,20). The number of anilines is 2. The molecule has 7 heteroatoms. The summed E-state index contributed by atoms with van der Waals surface area (Å²) in [5, 5.41) is 0.906. The van der Waals surface area contributed by atoms with E-state index in [1.165, 1.54) is 6.33 Å². The van der Waals surface area contributed by atoms with Gasteiger partial charge in [-0.2, -0.15) is 0 Å². The molecule has 0 unspecified atom stereocenters.